The minimum absolute atomic E-state index is 0.157. The summed E-state index contributed by atoms with van der Waals surface area (Å²) in [5.41, 5.74) is 2.70. The molecule has 1 N–H and O–H groups in total. The number of carbonyl (C=O) groups is 1. The van der Waals surface area contributed by atoms with Crippen LogP contribution >= 0.6 is 35.0 Å². The van der Waals surface area contributed by atoms with Crippen LogP contribution in [0.4, 0.5) is 5.82 Å². The summed E-state index contributed by atoms with van der Waals surface area (Å²) in [6.45, 7) is 3.26. The normalized spacial score (nSPS) is 15.9. The van der Waals surface area contributed by atoms with E-state index >= 15 is 0 Å². The molecule has 31 heavy (non-hydrogen) atoms. The first-order chi connectivity index (χ1) is 15.0. The molecule has 1 aliphatic heterocycles. The monoisotopic (exact) mass is 476 g/mol. The Kier molecular flexibility index (Phi) is 7.17. The average Bonchev–Trinajstić information content (AvgIpc) is 3.41. The highest BCUT2D eigenvalue weighted by molar-refractivity contribution is 7.99. The molecule has 1 fully saturated rings. The van der Waals surface area contributed by atoms with Crippen molar-refractivity contribution in [3.8, 4) is 11.3 Å². The third-order valence-corrected chi connectivity index (χ3v) is 6.65. The van der Waals surface area contributed by atoms with E-state index in [4.69, 9.17) is 27.9 Å². The number of aryl methyl sites for hydroxylation is 1. The number of rotatable bonds is 7. The number of hydrogen-bond donors (Lipinski definition) is 1. The number of pyridine rings is 1. The predicted octanol–water partition coefficient (Wildman–Crippen LogP) is 5.47. The molecule has 3 aromatic rings. The molecule has 0 radical (unpaired) electrons. The highest BCUT2D eigenvalue weighted by atomic mass is 35.5. The maximum atomic E-state index is 12.5. The third kappa shape index (κ3) is 5.41. The molecule has 1 aromatic carbocycles. The molecular formula is C22H22Cl2N4O2S. The first-order valence-corrected chi connectivity index (χ1v) is 11.7. The van der Waals surface area contributed by atoms with Gasteiger partial charge >= 0.3 is 0 Å². The topological polar surface area (TPSA) is 69.0 Å². The lowest BCUT2D eigenvalue weighted by molar-refractivity contribution is -0.113. The fourth-order valence-corrected chi connectivity index (χ4v) is 4.62. The van der Waals surface area contributed by atoms with Crippen LogP contribution in [0.1, 0.15) is 18.5 Å². The van der Waals surface area contributed by atoms with Crippen molar-refractivity contribution in [1.29, 1.82) is 0 Å². The Labute approximate surface area is 195 Å². The minimum Gasteiger partial charge on any atom is -0.376 e. The van der Waals surface area contributed by atoms with Gasteiger partial charge < -0.3 is 14.6 Å². The fraction of sp³-hybridized carbons (Fsp3) is 0.318. The van der Waals surface area contributed by atoms with Gasteiger partial charge in [-0.1, -0.05) is 65.3 Å². The maximum absolute atomic E-state index is 12.5. The van der Waals surface area contributed by atoms with E-state index in [2.05, 4.69) is 32.0 Å². The quantitative estimate of drug-likeness (QED) is 0.457. The fourth-order valence-electron chi connectivity index (χ4n) is 3.43. The molecule has 1 unspecified atom stereocenters. The molecular weight excluding hydrogens is 455 g/mol. The van der Waals surface area contributed by atoms with E-state index in [1.807, 2.05) is 24.4 Å². The van der Waals surface area contributed by atoms with E-state index in [1.165, 1.54) is 11.8 Å². The van der Waals surface area contributed by atoms with Crippen LogP contribution in [-0.4, -0.2) is 38.9 Å². The molecule has 0 aliphatic carbocycles. The second kappa shape index (κ2) is 10.0. The Morgan fingerprint density at radius 3 is 2.84 bits per heavy atom. The van der Waals surface area contributed by atoms with Crippen molar-refractivity contribution < 1.29 is 9.53 Å². The van der Waals surface area contributed by atoms with Crippen molar-refractivity contribution in [3.05, 3.63) is 58.3 Å². The van der Waals surface area contributed by atoms with Crippen molar-refractivity contribution in [2.24, 2.45) is 0 Å². The van der Waals surface area contributed by atoms with Gasteiger partial charge in [0, 0.05) is 6.61 Å². The Morgan fingerprint density at radius 1 is 1.29 bits per heavy atom. The highest BCUT2D eigenvalue weighted by Gasteiger charge is 2.21. The van der Waals surface area contributed by atoms with Gasteiger partial charge in [-0.25, -0.2) is 9.97 Å². The molecule has 9 heteroatoms. The highest BCUT2D eigenvalue weighted by Crippen LogP contribution is 2.29. The van der Waals surface area contributed by atoms with Crippen molar-refractivity contribution in [2.45, 2.75) is 37.6 Å². The zero-order valence-electron chi connectivity index (χ0n) is 17.0. The van der Waals surface area contributed by atoms with E-state index < -0.39 is 0 Å². The van der Waals surface area contributed by atoms with Crippen molar-refractivity contribution in [3.63, 3.8) is 0 Å². The molecule has 0 saturated carbocycles. The van der Waals surface area contributed by atoms with E-state index in [0.717, 1.165) is 35.9 Å². The van der Waals surface area contributed by atoms with Gasteiger partial charge in [0.05, 0.1) is 46.0 Å². The first kappa shape index (κ1) is 22.1. The van der Waals surface area contributed by atoms with Gasteiger partial charge in [-0.15, -0.1) is 0 Å². The van der Waals surface area contributed by atoms with Crippen LogP contribution in [0.15, 0.2) is 47.8 Å². The number of nitrogens with zero attached hydrogens (tertiary/aromatic N) is 3. The van der Waals surface area contributed by atoms with E-state index in [9.17, 15) is 4.79 Å². The van der Waals surface area contributed by atoms with Gasteiger partial charge in [0.25, 0.3) is 0 Å². The smallest absolute Gasteiger partial charge is 0.236 e. The van der Waals surface area contributed by atoms with Gasteiger partial charge in [-0.3, -0.25) is 4.79 Å². The lowest BCUT2D eigenvalue weighted by atomic mass is 10.1. The SMILES string of the molecule is Cc1nc(NC(=O)CSc2ncc(-c3ccccc3)n2CC2CCCO2)c(Cl)cc1Cl. The Balaban J connectivity index is 1.49. The van der Waals surface area contributed by atoms with Gasteiger partial charge in [0.15, 0.2) is 11.0 Å². The molecule has 0 bridgehead atoms. The lowest BCUT2D eigenvalue weighted by Gasteiger charge is -2.16. The van der Waals surface area contributed by atoms with Gasteiger partial charge in [0.2, 0.25) is 5.91 Å². The number of nitrogens with one attached hydrogen (secondary N) is 1. The summed E-state index contributed by atoms with van der Waals surface area (Å²) in [4.78, 5) is 21.4. The van der Waals surface area contributed by atoms with Crippen LogP contribution < -0.4 is 5.32 Å². The minimum atomic E-state index is -0.214. The Hall–Kier alpha value is -2.06. The number of aromatic nitrogens is 3. The first-order valence-electron chi connectivity index (χ1n) is 9.99. The van der Waals surface area contributed by atoms with E-state index in [-0.39, 0.29) is 17.8 Å². The van der Waals surface area contributed by atoms with Gasteiger partial charge in [-0.2, -0.15) is 0 Å². The molecule has 2 aromatic heterocycles. The number of benzene rings is 1. The molecule has 6 nitrogen and oxygen atoms in total. The van der Waals surface area contributed by atoms with Crippen molar-refractivity contribution >= 4 is 46.7 Å². The number of amides is 1. The van der Waals surface area contributed by atoms with Gasteiger partial charge in [0.1, 0.15) is 0 Å². The number of imidazole rings is 1. The number of halogens is 2. The number of carbonyl (C=O) groups excluding carboxylic acids is 1. The van der Waals surface area contributed by atoms with Crippen LogP contribution in [0, 0.1) is 6.92 Å². The average molecular weight is 477 g/mol. The number of ether oxygens (including phenoxy) is 1. The summed E-state index contributed by atoms with van der Waals surface area (Å²) in [6.07, 6.45) is 4.10. The van der Waals surface area contributed by atoms with Crippen LogP contribution in [0.3, 0.4) is 0 Å². The Bertz CT molecular complexity index is 1070. The number of anilines is 1. The third-order valence-electron chi connectivity index (χ3n) is 4.99. The molecule has 3 heterocycles. The molecule has 1 aliphatic rings. The summed E-state index contributed by atoms with van der Waals surface area (Å²) in [6, 6.07) is 11.7. The summed E-state index contributed by atoms with van der Waals surface area (Å²) < 4.78 is 7.98. The molecule has 0 spiro atoms. The van der Waals surface area contributed by atoms with Crippen LogP contribution in [0.5, 0.6) is 0 Å². The molecule has 1 saturated heterocycles. The lowest BCUT2D eigenvalue weighted by Crippen LogP contribution is -2.18. The van der Waals surface area contributed by atoms with Crippen LogP contribution in [0.25, 0.3) is 11.3 Å². The summed E-state index contributed by atoms with van der Waals surface area (Å²) in [7, 11) is 0. The van der Waals surface area contributed by atoms with Gasteiger partial charge in [-0.05, 0) is 31.4 Å². The number of thioether (sulfide) groups is 1. The van der Waals surface area contributed by atoms with E-state index in [0.29, 0.717) is 28.1 Å². The molecule has 4 rings (SSSR count). The second-order valence-corrected chi connectivity index (χ2v) is 9.02. The summed E-state index contributed by atoms with van der Waals surface area (Å²) in [5, 5.41) is 4.30. The van der Waals surface area contributed by atoms with Crippen molar-refractivity contribution in [2.75, 3.05) is 17.7 Å². The maximum Gasteiger partial charge on any atom is 0.236 e. The van der Waals surface area contributed by atoms with Crippen LogP contribution in [0.2, 0.25) is 10.0 Å². The largest absolute Gasteiger partial charge is 0.376 e. The van der Waals surface area contributed by atoms with Crippen molar-refractivity contribution in [1.82, 2.24) is 14.5 Å². The standard InChI is InChI=1S/C22H22Cl2N4O2S/c1-14-17(23)10-18(24)21(26-14)27-20(29)13-31-22-25-11-19(15-6-3-2-4-7-15)28(22)12-16-8-5-9-30-16/h2-4,6-7,10-11,16H,5,8-9,12-13H2,1H3,(H,26,27,29). The van der Waals surface area contributed by atoms with Crippen LogP contribution in [-0.2, 0) is 16.1 Å². The molecule has 1 atom stereocenters. The summed E-state index contributed by atoms with van der Waals surface area (Å²) >= 11 is 13.5. The molecule has 162 valence electrons. The molecule has 1 amide bonds. The zero-order valence-corrected chi connectivity index (χ0v) is 19.3. The zero-order chi connectivity index (χ0) is 21.8. The second-order valence-electron chi connectivity index (χ2n) is 7.26. The summed E-state index contributed by atoms with van der Waals surface area (Å²) in [5.74, 6) is 0.270. The van der Waals surface area contributed by atoms with E-state index in [1.54, 1.807) is 13.0 Å². The Morgan fingerprint density at radius 2 is 2.10 bits per heavy atom. The number of hydrogen-bond acceptors (Lipinski definition) is 5. The predicted molar refractivity (Wildman–Crippen MR) is 125 cm³/mol.